The third-order valence-electron chi connectivity index (χ3n) is 11.5. The molecule has 0 bridgehead atoms. The monoisotopic (exact) mass is 802 g/mol. The lowest BCUT2D eigenvalue weighted by Crippen LogP contribution is -2.58. The standard InChI is InChI=1S/C40H48Cl2N4O7.ClH/c1-51-33-23-28(24-34(52-2)36(33)53-3)37(49)46-18-12-39(27-46,30-9-10-31(41)32(42)25-30)11-15-43-16-13-40(14-17-43,29-7-5-4-6-8-29)38(50)45-21-19-44(20-22-45)26-35(47)48;/h4-10,23-25H,11-22,26-27H2,1-3H3,(H,47,48);1H/t39-;/m0./s1. The average molecular weight is 804 g/mol. The molecule has 0 aliphatic carbocycles. The summed E-state index contributed by atoms with van der Waals surface area (Å²) in [5, 5.41) is 10.2. The summed E-state index contributed by atoms with van der Waals surface area (Å²) in [5.74, 6) is 0.410. The normalized spacial score (nSPS) is 20.2. The predicted molar refractivity (Wildman–Crippen MR) is 211 cm³/mol. The number of likely N-dealkylation sites (tertiary alicyclic amines) is 2. The zero-order valence-corrected chi connectivity index (χ0v) is 33.4. The van der Waals surface area contributed by atoms with Crippen molar-refractivity contribution in [3.8, 4) is 17.2 Å². The number of benzene rings is 3. The van der Waals surface area contributed by atoms with Crippen molar-refractivity contribution in [3.63, 3.8) is 0 Å². The van der Waals surface area contributed by atoms with Crippen molar-refractivity contribution >= 4 is 53.4 Å². The Labute approximate surface area is 333 Å². The van der Waals surface area contributed by atoms with Gasteiger partial charge in [-0.05, 0) is 80.7 Å². The molecule has 6 rings (SSSR count). The smallest absolute Gasteiger partial charge is 0.317 e. The fourth-order valence-electron chi connectivity index (χ4n) is 8.36. The van der Waals surface area contributed by atoms with Gasteiger partial charge in [0, 0.05) is 50.2 Å². The van der Waals surface area contributed by atoms with Gasteiger partial charge in [0.2, 0.25) is 11.7 Å². The summed E-state index contributed by atoms with van der Waals surface area (Å²) in [6.07, 6.45) is 2.88. The summed E-state index contributed by atoms with van der Waals surface area (Å²) in [4.78, 5) is 47.8. The molecule has 0 saturated carbocycles. The number of hydrogen-bond acceptors (Lipinski definition) is 8. The number of carbonyl (C=O) groups is 3. The third kappa shape index (κ3) is 8.55. The van der Waals surface area contributed by atoms with E-state index in [1.807, 2.05) is 51.1 Å². The summed E-state index contributed by atoms with van der Waals surface area (Å²) in [6.45, 7) is 5.42. The van der Waals surface area contributed by atoms with Gasteiger partial charge in [-0.15, -0.1) is 12.4 Å². The summed E-state index contributed by atoms with van der Waals surface area (Å²) in [6, 6.07) is 19.2. The molecule has 0 aromatic heterocycles. The van der Waals surface area contributed by atoms with Crippen LogP contribution in [0, 0.1) is 0 Å². The molecule has 3 saturated heterocycles. The average Bonchev–Trinajstić information content (AvgIpc) is 3.63. The number of piperazine rings is 1. The van der Waals surface area contributed by atoms with E-state index in [4.69, 9.17) is 37.4 Å². The van der Waals surface area contributed by atoms with E-state index in [2.05, 4.69) is 17.0 Å². The molecule has 3 aromatic rings. The number of rotatable bonds is 12. The first-order chi connectivity index (χ1) is 25.5. The van der Waals surface area contributed by atoms with Crippen LogP contribution >= 0.6 is 35.6 Å². The summed E-state index contributed by atoms with van der Waals surface area (Å²) in [7, 11) is 4.59. The summed E-state index contributed by atoms with van der Waals surface area (Å²) >= 11 is 12.9. The van der Waals surface area contributed by atoms with Gasteiger partial charge < -0.3 is 34.0 Å². The Kier molecular flexibility index (Phi) is 13.7. The van der Waals surface area contributed by atoms with Gasteiger partial charge in [-0.1, -0.05) is 59.6 Å². The van der Waals surface area contributed by atoms with Gasteiger partial charge in [-0.3, -0.25) is 19.3 Å². The maximum atomic E-state index is 14.4. The number of carboxylic acid groups (broad SMARTS) is 1. The highest BCUT2D eigenvalue weighted by Crippen LogP contribution is 2.44. The number of aliphatic carboxylic acids is 1. The van der Waals surface area contributed by atoms with Crippen molar-refractivity contribution in [2.24, 2.45) is 0 Å². The molecule has 2 amide bonds. The molecule has 3 heterocycles. The quantitative estimate of drug-likeness (QED) is 0.240. The number of carbonyl (C=O) groups excluding carboxylic acids is 2. The largest absolute Gasteiger partial charge is 0.493 e. The van der Waals surface area contributed by atoms with Crippen LogP contribution in [0.1, 0.15) is 47.2 Å². The minimum Gasteiger partial charge on any atom is -0.493 e. The van der Waals surface area contributed by atoms with E-state index in [0.29, 0.717) is 85.0 Å². The maximum absolute atomic E-state index is 14.4. The lowest BCUT2D eigenvalue weighted by molar-refractivity contribution is -0.142. The van der Waals surface area contributed by atoms with Crippen molar-refractivity contribution in [1.82, 2.24) is 19.6 Å². The minimum atomic E-state index is -0.852. The van der Waals surface area contributed by atoms with E-state index in [1.54, 1.807) is 12.1 Å². The van der Waals surface area contributed by atoms with Crippen LogP contribution < -0.4 is 14.2 Å². The molecular formula is C40H49Cl3N4O7. The molecule has 54 heavy (non-hydrogen) atoms. The molecule has 292 valence electrons. The number of amides is 2. The van der Waals surface area contributed by atoms with Crippen LogP contribution in [-0.4, -0.2) is 129 Å². The maximum Gasteiger partial charge on any atom is 0.317 e. The Balaban J connectivity index is 0.00000561. The van der Waals surface area contributed by atoms with E-state index in [-0.39, 0.29) is 36.2 Å². The van der Waals surface area contributed by atoms with Crippen LogP contribution in [0.2, 0.25) is 10.0 Å². The highest BCUT2D eigenvalue weighted by molar-refractivity contribution is 6.42. The van der Waals surface area contributed by atoms with Crippen LogP contribution in [0.15, 0.2) is 60.7 Å². The second-order valence-electron chi connectivity index (χ2n) is 14.3. The Morgan fingerprint density at radius 3 is 1.94 bits per heavy atom. The molecule has 0 unspecified atom stereocenters. The van der Waals surface area contributed by atoms with Gasteiger partial charge in [0.25, 0.3) is 5.91 Å². The Bertz CT molecular complexity index is 1770. The van der Waals surface area contributed by atoms with Gasteiger partial charge >= 0.3 is 5.97 Å². The molecule has 3 aromatic carbocycles. The molecule has 3 aliphatic rings. The van der Waals surface area contributed by atoms with Gasteiger partial charge in [-0.2, -0.15) is 0 Å². The molecular weight excluding hydrogens is 755 g/mol. The zero-order valence-electron chi connectivity index (χ0n) is 31.0. The van der Waals surface area contributed by atoms with E-state index < -0.39 is 11.4 Å². The Hall–Kier alpha value is -3.74. The zero-order chi connectivity index (χ0) is 37.8. The first kappa shape index (κ1) is 41.4. The second-order valence-corrected chi connectivity index (χ2v) is 15.1. The molecule has 11 nitrogen and oxygen atoms in total. The number of methoxy groups -OCH3 is 3. The van der Waals surface area contributed by atoms with E-state index in [0.717, 1.165) is 43.6 Å². The Morgan fingerprint density at radius 1 is 0.722 bits per heavy atom. The highest BCUT2D eigenvalue weighted by atomic mass is 35.5. The summed E-state index contributed by atoms with van der Waals surface area (Å²) < 4.78 is 16.5. The second kappa shape index (κ2) is 17.8. The van der Waals surface area contributed by atoms with Crippen LogP contribution in [0.3, 0.4) is 0 Å². The van der Waals surface area contributed by atoms with Crippen LogP contribution in [0.25, 0.3) is 0 Å². The Morgan fingerprint density at radius 2 is 1.37 bits per heavy atom. The number of hydrogen-bond donors (Lipinski definition) is 1. The molecule has 1 N–H and O–H groups in total. The first-order valence-corrected chi connectivity index (χ1v) is 18.8. The van der Waals surface area contributed by atoms with E-state index in [9.17, 15) is 19.5 Å². The lowest BCUT2D eigenvalue weighted by atomic mass is 9.71. The van der Waals surface area contributed by atoms with Crippen molar-refractivity contribution in [2.45, 2.75) is 36.5 Å². The van der Waals surface area contributed by atoms with Gasteiger partial charge in [0.1, 0.15) is 0 Å². The highest BCUT2D eigenvalue weighted by Gasteiger charge is 2.47. The molecule has 14 heteroatoms. The number of halogens is 3. The SMILES string of the molecule is COc1cc(C(=O)N2CC[C@](CCN3CCC(C(=O)N4CCN(CC(=O)O)CC4)(c4ccccc4)CC3)(c3ccc(Cl)c(Cl)c3)C2)cc(OC)c1OC.Cl. The van der Waals surface area contributed by atoms with Crippen molar-refractivity contribution in [1.29, 1.82) is 0 Å². The van der Waals surface area contributed by atoms with Crippen molar-refractivity contribution in [3.05, 3.63) is 87.4 Å². The molecule has 0 spiro atoms. The molecule has 1 atom stereocenters. The fraction of sp³-hybridized carbons (Fsp3) is 0.475. The number of nitrogens with zero attached hydrogens (tertiary/aromatic N) is 4. The van der Waals surface area contributed by atoms with Gasteiger partial charge in [0.05, 0.1) is 43.3 Å². The van der Waals surface area contributed by atoms with Crippen LogP contribution in [-0.2, 0) is 20.4 Å². The van der Waals surface area contributed by atoms with Crippen LogP contribution in [0.4, 0.5) is 0 Å². The third-order valence-corrected chi connectivity index (χ3v) is 12.2. The van der Waals surface area contributed by atoms with Crippen molar-refractivity contribution < 1.29 is 33.7 Å². The van der Waals surface area contributed by atoms with E-state index >= 15 is 0 Å². The predicted octanol–water partition coefficient (Wildman–Crippen LogP) is 5.88. The van der Waals surface area contributed by atoms with E-state index in [1.165, 1.54) is 21.3 Å². The number of carboxylic acids is 1. The number of ether oxygens (including phenoxy) is 3. The number of piperidine rings is 1. The molecule has 3 fully saturated rings. The topological polar surface area (TPSA) is 112 Å². The molecule has 3 aliphatic heterocycles. The first-order valence-electron chi connectivity index (χ1n) is 18.1. The van der Waals surface area contributed by atoms with Crippen LogP contribution in [0.5, 0.6) is 17.2 Å². The van der Waals surface area contributed by atoms with Gasteiger partial charge in [0.15, 0.2) is 11.5 Å². The fourth-order valence-corrected chi connectivity index (χ4v) is 8.66. The van der Waals surface area contributed by atoms with Crippen molar-refractivity contribution in [2.75, 3.05) is 86.8 Å². The lowest BCUT2D eigenvalue weighted by Gasteiger charge is -2.46. The van der Waals surface area contributed by atoms with Gasteiger partial charge in [-0.25, -0.2) is 0 Å². The minimum absolute atomic E-state index is 0. The summed E-state index contributed by atoms with van der Waals surface area (Å²) in [5.41, 5.74) is 1.50. The molecule has 0 radical (unpaired) electrons.